The normalized spacial score (nSPS) is 17.4. The number of benzene rings is 1. The minimum Gasteiger partial charge on any atom is -0.447 e. The van der Waals surface area contributed by atoms with Crippen LogP contribution < -0.4 is 4.90 Å². The number of hydrogen-bond donors (Lipinski definition) is 0. The number of cyclic esters (lactones) is 1. The van der Waals surface area contributed by atoms with E-state index in [1.54, 1.807) is 4.90 Å². The van der Waals surface area contributed by atoms with Gasteiger partial charge in [0.1, 0.15) is 6.61 Å². The van der Waals surface area contributed by atoms with E-state index in [0.29, 0.717) is 11.7 Å². The fourth-order valence-electron chi connectivity index (χ4n) is 2.18. The van der Waals surface area contributed by atoms with Gasteiger partial charge >= 0.3 is 6.09 Å². The summed E-state index contributed by atoms with van der Waals surface area (Å²) in [7, 11) is 0. The van der Waals surface area contributed by atoms with Crippen molar-refractivity contribution in [3.63, 3.8) is 0 Å². The number of ether oxygens (including phenoxy) is 1. The highest BCUT2D eigenvalue weighted by atomic mass is 32.1. The molecule has 1 fully saturated rings. The summed E-state index contributed by atoms with van der Waals surface area (Å²) in [6.45, 7) is 6.40. The van der Waals surface area contributed by atoms with Gasteiger partial charge in [0.05, 0.1) is 11.2 Å². The molecule has 0 aliphatic carbocycles. The van der Waals surface area contributed by atoms with Crippen molar-refractivity contribution in [3.8, 4) is 11.3 Å². The summed E-state index contributed by atoms with van der Waals surface area (Å²) in [5.41, 5.74) is 2.82. The number of aromatic nitrogens is 1. The summed E-state index contributed by atoms with van der Waals surface area (Å²) in [6.07, 6.45) is -0.320. The van der Waals surface area contributed by atoms with Gasteiger partial charge in [-0.3, -0.25) is 0 Å². The van der Waals surface area contributed by atoms with Gasteiger partial charge in [-0.25, -0.2) is 14.7 Å². The number of thiazole rings is 1. The standard InChI is InChI=1S/C15H16N2O2S/c1-10-4-6-11(7-5-10)12-8-20-13(16-12)17-14(18)19-9-15(17,2)3/h4-8H,9H2,1-3H3. The third kappa shape index (κ3) is 2.18. The molecule has 1 saturated heterocycles. The molecule has 3 rings (SSSR count). The number of nitrogens with zero attached hydrogens (tertiary/aromatic N) is 2. The number of rotatable bonds is 2. The van der Waals surface area contributed by atoms with Crippen LogP contribution >= 0.6 is 11.3 Å². The third-order valence-corrected chi connectivity index (χ3v) is 4.19. The molecular formula is C15H16N2O2S. The summed E-state index contributed by atoms with van der Waals surface area (Å²) in [6, 6.07) is 8.20. The Hall–Kier alpha value is -1.88. The van der Waals surface area contributed by atoms with Crippen molar-refractivity contribution in [1.82, 2.24) is 4.98 Å². The maximum absolute atomic E-state index is 11.9. The molecule has 1 amide bonds. The summed E-state index contributed by atoms with van der Waals surface area (Å²) in [5.74, 6) is 0. The molecule has 4 nitrogen and oxygen atoms in total. The number of anilines is 1. The minimum absolute atomic E-state index is 0.320. The van der Waals surface area contributed by atoms with Crippen LogP contribution in [0.3, 0.4) is 0 Å². The predicted octanol–water partition coefficient (Wildman–Crippen LogP) is 3.85. The molecule has 2 heterocycles. The molecule has 0 N–H and O–H groups in total. The van der Waals surface area contributed by atoms with Gasteiger partial charge in [0.2, 0.25) is 0 Å². The lowest BCUT2D eigenvalue weighted by Gasteiger charge is -2.24. The number of aryl methyl sites for hydroxylation is 1. The first-order valence-electron chi connectivity index (χ1n) is 6.47. The quantitative estimate of drug-likeness (QED) is 0.843. The van der Waals surface area contributed by atoms with Crippen LogP contribution in [0.4, 0.5) is 9.93 Å². The Morgan fingerprint density at radius 3 is 2.60 bits per heavy atom. The van der Waals surface area contributed by atoms with Crippen molar-refractivity contribution in [1.29, 1.82) is 0 Å². The molecule has 0 spiro atoms. The highest BCUT2D eigenvalue weighted by Crippen LogP contribution is 2.35. The average molecular weight is 288 g/mol. The SMILES string of the molecule is Cc1ccc(-c2csc(N3C(=O)OCC3(C)C)n2)cc1. The molecule has 1 aromatic heterocycles. The highest BCUT2D eigenvalue weighted by Gasteiger charge is 2.42. The zero-order chi connectivity index (χ0) is 14.3. The van der Waals surface area contributed by atoms with E-state index in [0.717, 1.165) is 11.3 Å². The highest BCUT2D eigenvalue weighted by molar-refractivity contribution is 7.14. The maximum Gasteiger partial charge on any atom is 0.416 e. The molecule has 0 atom stereocenters. The molecule has 1 aliphatic rings. The van der Waals surface area contributed by atoms with Crippen LogP contribution in [0.1, 0.15) is 19.4 Å². The Kier molecular flexibility index (Phi) is 3.01. The Balaban J connectivity index is 1.94. The van der Waals surface area contributed by atoms with Gasteiger partial charge in [0.25, 0.3) is 0 Å². The second-order valence-electron chi connectivity index (χ2n) is 5.58. The summed E-state index contributed by atoms with van der Waals surface area (Å²) < 4.78 is 5.12. The van der Waals surface area contributed by atoms with E-state index in [1.165, 1.54) is 16.9 Å². The Bertz CT molecular complexity index is 646. The zero-order valence-corrected chi connectivity index (χ0v) is 12.5. The molecule has 0 bridgehead atoms. The van der Waals surface area contributed by atoms with Crippen molar-refractivity contribution in [2.75, 3.05) is 11.5 Å². The Labute approximate surface area is 122 Å². The fourth-order valence-corrected chi connectivity index (χ4v) is 3.16. The number of hydrogen-bond acceptors (Lipinski definition) is 4. The van der Waals surface area contributed by atoms with Gasteiger partial charge in [-0.05, 0) is 20.8 Å². The molecule has 1 aliphatic heterocycles. The Morgan fingerprint density at radius 1 is 1.30 bits per heavy atom. The number of carbonyl (C=O) groups excluding carboxylic acids is 1. The van der Waals surface area contributed by atoms with E-state index in [1.807, 2.05) is 31.4 Å². The van der Waals surface area contributed by atoms with E-state index in [2.05, 4.69) is 24.0 Å². The maximum atomic E-state index is 11.9. The van der Waals surface area contributed by atoms with E-state index < -0.39 is 0 Å². The molecule has 0 saturated carbocycles. The predicted molar refractivity (Wildman–Crippen MR) is 80.2 cm³/mol. The molecule has 5 heteroatoms. The zero-order valence-electron chi connectivity index (χ0n) is 11.7. The topological polar surface area (TPSA) is 42.4 Å². The van der Waals surface area contributed by atoms with Crippen LogP contribution in [-0.2, 0) is 4.74 Å². The van der Waals surface area contributed by atoms with Crippen molar-refractivity contribution < 1.29 is 9.53 Å². The van der Waals surface area contributed by atoms with Crippen LogP contribution in [0, 0.1) is 6.92 Å². The van der Waals surface area contributed by atoms with Crippen LogP contribution in [-0.4, -0.2) is 23.2 Å². The Morgan fingerprint density at radius 2 is 2.00 bits per heavy atom. The average Bonchev–Trinajstić information content (AvgIpc) is 2.95. The van der Waals surface area contributed by atoms with Gasteiger partial charge in [0.15, 0.2) is 5.13 Å². The lowest BCUT2D eigenvalue weighted by molar-refractivity contribution is 0.175. The fraction of sp³-hybridized carbons (Fsp3) is 0.333. The first kappa shape index (κ1) is 13.1. The van der Waals surface area contributed by atoms with Gasteiger partial charge in [0, 0.05) is 10.9 Å². The summed E-state index contributed by atoms with van der Waals surface area (Å²) in [5, 5.41) is 2.66. The van der Waals surface area contributed by atoms with Crippen LogP contribution in [0.15, 0.2) is 29.6 Å². The molecular weight excluding hydrogens is 272 g/mol. The van der Waals surface area contributed by atoms with Crippen molar-refractivity contribution in [2.24, 2.45) is 0 Å². The monoisotopic (exact) mass is 288 g/mol. The van der Waals surface area contributed by atoms with E-state index in [-0.39, 0.29) is 11.6 Å². The van der Waals surface area contributed by atoms with Crippen molar-refractivity contribution in [2.45, 2.75) is 26.3 Å². The van der Waals surface area contributed by atoms with Gasteiger partial charge in [-0.1, -0.05) is 29.8 Å². The first-order valence-corrected chi connectivity index (χ1v) is 7.35. The van der Waals surface area contributed by atoms with E-state index >= 15 is 0 Å². The van der Waals surface area contributed by atoms with Gasteiger partial charge < -0.3 is 4.74 Å². The van der Waals surface area contributed by atoms with Crippen LogP contribution in [0.2, 0.25) is 0 Å². The third-order valence-electron chi connectivity index (χ3n) is 3.37. The summed E-state index contributed by atoms with van der Waals surface area (Å²) >= 11 is 1.47. The van der Waals surface area contributed by atoms with Crippen LogP contribution in [0.25, 0.3) is 11.3 Å². The first-order chi connectivity index (χ1) is 9.47. The number of carbonyl (C=O) groups is 1. The molecule has 2 aromatic rings. The largest absolute Gasteiger partial charge is 0.447 e. The van der Waals surface area contributed by atoms with Crippen molar-refractivity contribution >= 4 is 22.6 Å². The number of amides is 1. The van der Waals surface area contributed by atoms with Crippen molar-refractivity contribution in [3.05, 3.63) is 35.2 Å². The van der Waals surface area contributed by atoms with Gasteiger partial charge in [-0.2, -0.15) is 0 Å². The molecule has 1 aromatic carbocycles. The lowest BCUT2D eigenvalue weighted by Crippen LogP contribution is -2.42. The van der Waals surface area contributed by atoms with Gasteiger partial charge in [-0.15, -0.1) is 11.3 Å². The van der Waals surface area contributed by atoms with E-state index in [9.17, 15) is 4.79 Å². The lowest BCUT2D eigenvalue weighted by atomic mass is 10.1. The van der Waals surface area contributed by atoms with Crippen LogP contribution in [0.5, 0.6) is 0 Å². The molecule has 0 radical (unpaired) electrons. The van der Waals surface area contributed by atoms with E-state index in [4.69, 9.17) is 4.74 Å². The minimum atomic E-state index is -0.348. The molecule has 20 heavy (non-hydrogen) atoms. The smallest absolute Gasteiger partial charge is 0.416 e. The second-order valence-corrected chi connectivity index (χ2v) is 6.42. The second kappa shape index (κ2) is 4.59. The molecule has 0 unspecified atom stereocenters. The molecule has 104 valence electrons. The summed E-state index contributed by atoms with van der Waals surface area (Å²) in [4.78, 5) is 18.1.